The summed E-state index contributed by atoms with van der Waals surface area (Å²) in [6.07, 6.45) is -0.0210. The number of nitrogens with two attached hydrogens (primary N) is 1. The SMILES string of the molecule is CN(C)CC1NNC(N)C1c1ccccc1. The third kappa shape index (κ3) is 2.41. The molecule has 88 valence electrons. The minimum Gasteiger partial charge on any atom is -0.314 e. The molecule has 1 aromatic rings. The summed E-state index contributed by atoms with van der Waals surface area (Å²) in [5.41, 5.74) is 13.8. The van der Waals surface area contributed by atoms with Gasteiger partial charge in [-0.3, -0.25) is 5.43 Å². The highest BCUT2D eigenvalue weighted by atomic mass is 15.5. The molecule has 1 fully saturated rings. The monoisotopic (exact) mass is 220 g/mol. The van der Waals surface area contributed by atoms with Crippen molar-refractivity contribution in [2.75, 3.05) is 20.6 Å². The molecule has 1 aliphatic rings. The van der Waals surface area contributed by atoms with Gasteiger partial charge in [-0.2, -0.15) is 0 Å². The molecule has 3 atom stereocenters. The van der Waals surface area contributed by atoms with Gasteiger partial charge in [0.1, 0.15) is 0 Å². The molecule has 1 aromatic carbocycles. The number of nitrogens with one attached hydrogen (secondary N) is 2. The second-order valence-electron chi connectivity index (χ2n) is 4.62. The van der Waals surface area contributed by atoms with Crippen molar-refractivity contribution in [2.45, 2.75) is 18.1 Å². The number of nitrogens with zero attached hydrogens (tertiary/aromatic N) is 1. The van der Waals surface area contributed by atoms with Crippen molar-refractivity contribution in [1.29, 1.82) is 0 Å². The number of hydrazine groups is 1. The predicted octanol–water partition coefficient (Wildman–Crippen LogP) is 0.0930. The number of likely N-dealkylation sites (N-methyl/N-ethyl adjacent to an activating group) is 1. The van der Waals surface area contributed by atoms with Crippen molar-refractivity contribution in [1.82, 2.24) is 15.8 Å². The van der Waals surface area contributed by atoms with Crippen LogP contribution in [0.4, 0.5) is 0 Å². The molecule has 1 saturated heterocycles. The molecule has 4 heteroatoms. The highest BCUT2D eigenvalue weighted by Gasteiger charge is 2.34. The summed E-state index contributed by atoms with van der Waals surface area (Å²) in [5, 5.41) is 0. The molecule has 4 N–H and O–H groups in total. The fourth-order valence-electron chi connectivity index (χ4n) is 2.30. The van der Waals surface area contributed by atoms with E-state index in [2.05, 4.69) is 54.1 Å². The van der Waals surface area contributed by atoms with Gasteiger partial charge in [-0.05, 0) is 19.7 Å². The van der Waals surface area contributed by atoms with Gasteiger partial charge in [-0.15, -0.1) is 0 Å². The molecule has 0 spiro atoms. The molecular formula is C12H20N4. The van der Waals surface area contributed by atoms with E-state index >= 15 is 0 Å². The topological polar surface area (TPSA) is 53.3 Å². The van der Waals surface area contributed by atoms with Crippen LogP contribution < -0.4 is 16.6 Å². The average Bonchev–Trinajstić information content (AvgIpc) is 2.60. The molecule has 0 bridgehead atoms. The van der Waals surface area contributed by atoms with Gasteiger partial charge in [0.15, 0.2) is 0 Å². The van der Waals surface area contributed by atoms with Gasteiger partial charge in [0.05, 0.1) is 6.17 Å². The summed E-state index contributed by atoms with van der Waals surface area (Å²) in [6.45, 7) is 0.972. The van der Waals surface area contributed by atoms with E-state index in [-0.39, 0.29) is 6.17 Å². The Morgan fingerprint density at radius 2 is 1.88 bits per heavy atom. The zero-order valence-electron chi connectivity index (χ0n) is 9.85. The van der Waals surface area contributed by atoms with Crippen LogP contribution in [0.5, 0.6) is 0 Å². The first-order valence-corrected chi connectivity index (χ1v) is 5.65. The first-order valence-electron chi connectivity index (χ1n) is 5.65. The Labute approximate surface area is 96.8 Å². The Bertz CT molecular complexity index is 325. The maximum Gasteiger partial charge on any atom is 0.0764 e. The summed E-state index contributed by atoms with van der Waals surface area (Å²) >= 11 is 0. The highest BCUT2D eigenvalue weighted by molar-refractivity contribution is 5.24. The Morgan fingerprint density at radius 3 is 2.50 bits per heavy atom. The van der Waals surface area contributed by atoms with Crippen molar-refractivity contribution >= 4 is 0 Å². The fourth-order valence-corrected chi connectivity index (χ4v) is 2.30. The van der Waals surface area contributed by atoms with Gasteiger partial charge in [0, 0.05) is 18.5 Å². The van der Waals surface area contributed by atoms with Crippen LogP contribution in [0.15, 0.2) is 30.3 Å². The summed E-state index contributed by atoms with van der Waals surface area (Å²) in [7, 11) is 4.15. The molecular weight excluding hydrogens is 200 g/mol. The van der Waals surface area contributed by atoms with E-state index in [0.29, 0.717) is 12.0 Å². The quantitative estimate of drug-likeness (QED) is 0.676. The van der Waals surface area contributed by atoms with Crippen molar-refractivity contribution in [3.8, 4) is 0 Å². The van der Waals surface area contributed by atoms with E-state index in [1.165, 1.54) is 5.56 Å². The van der Waals surface area contributed by atoms with E-state index < -0.39 is 0 Å². The second-order valence-corrected chi connectivity index (χ2v) is 4.62. The predicted molar refractivity (Wildman–Crippen MR) is 65.8 cm³/mol. The molecule has 2 rings (SSSR count). The molecule has 1 aliphatic heterocycles. The second kappa shape index (κ2) is 4.93. The number of benzene rings is 1. The molecule has 1 heterocycles. The van der Waals surface area contributed by atoms with Crippen molar-refractivity contribution in [3.63, 3.8) is 0 Å². The maximum atomic E-state index is 6.08. The van der Waals surface area contributed by atoms with Crippen LogP contribution in [0, 0.1) is 0 Å². The zero-order chi connectivity index (χ0) is 11.5. The molecule has 16 heavy (non-hydrogen) atoms. The third-order valence-corrected chi connectivity index (χ3v) is 3.00. The van der Waals surface area contributed by atoms with Crippen LogP contribution in [0.3, 0.4) is 0 Å². The standard InChI is InChI=1S/C12H20N4/c1-16(2)8-10-11(12(13)15-14-10)9-6-4-3-5-7-9/h3-7,10-12,14-15H,8,13H2,1-2H3. The molecule has 0 saturated carbocycles. The van der Waals surface area contributed by atoms with Crippen LogP contribution >= 0.6 is 0 Å². The molecule has 0 aliphatic carbocycles. The smallest absolute Gasteiger partial charge is 0.0764 e. The largest absolute Gasteiger partial charge is 0.314 e. The highest BCUT2D eigenvalue weighted by Crippen LogP contribution is 2.24. The summed E-state index contributed by atoms with van der Waals surface area (Å²) in [4.78, 5) is 2.17. The van der Waals surface area contributed by atoms with Gasteiger partial charge in [-0.25, -0.2) is 5.43 Å². The average molecular weight is 220 g/mol. The van der Waals surface area contributed by atoms with Crippen molar-refractivity contribution in [2.24, 2.45) is 5.73 Å². The Balaban J connectivity index is 2.16. The molecule has 4 nitrogen and oxygen atoms in total. The lowest BCUT2D eigenvalue weighted by Crippen LogP contribution is -2.40. The van der Waals surface area contributed by atoms with Crippen LogP contribution in [0.1, 0.15) is 11.5 Å². The van der Waals surface area contributed by atoms with E-state index in [9.17, 15) is 0 Å². The fraction of sp³-hybridized carbons (Fsp3) is 0.500. The van der Waals surface area contributed by atoms with Crippen LogP contribution in [0.25, 0.3) is 0 Å². The van der Waals surface area contributed by atoms with Crippen LogP contribution in [0.2, 0.25) is 0 Å². The van der Waals surface area contributed by atoms with Gasteiger partial charge < -0.3 is 10.6 Å². The summed E-state index contributed by atoms with van der Waals surface area (Å²) in [5.74, 6) is 0.323. The lowest BCUT2D eigenvalue weighted by atomic mass is 9.90. The first-order chi connectivity index (χ1) is 7.68. The summed E-state index contributed by atoms with van der Waals surface area (Å²) < 4.78 is 0. The van der Waals surface area contributed by atoms with Crippen molar-refractivity contribution < 1.29 is 0 Å². The van der Waals surface area contributed by atoms with Gasteiger partial charge in [-0.1, -0.05) is 30.3 Å². The van der Waals surface area contributed by atoms with E-state index in [0.717, 1.165) is 6.54 Å². The molecule has 3 unspecified atom stereocenters. The number of hydrogen-bond donors (Lipinski definition) is 3. The van der Waals surface area contributed by atoms with Crippen molar-refractivity contribution in [3.05, 3.63) is 35.9 Å². The number of hydrogen-bond acceptors (Lipinski definition) is 4. The lowest BCUT2D eigenvalue weighted by Gasteiger charge is -2.23. The van der Waals surface area contributed by atoms with E-state index in [1.54, 1.807) is 0 Å². The third-order valence-electron chi connectivity index (χ3n) is 3.00. The first kappa shape index (κ1) is 11.5. The van der Waals surface area contributed by atoms with Crippen LogP contribution in [-0.2, 0) is 0 Å². The zero-order valence-corrected chi connectivity index (χ0v) is 9.85. The Kier molecular flexibility index (Phi) is 3.56. The molecule has 0 amide bonds. The minimum atomic E-state index is -0.0210. The Hall–Kier alpha value is -0.940. The lowest BCUT2D eigenvalue weighted by molar-refractivity contribution is 0.337. The summed E-state index contributed by atoms with van der Waals surface area (Å²) in [6, 6.07) is 10.8. The Morgan fingerprint density at radius 1 is 1.19 bits per heavy atom. The minimum absolute atomic E-state index is 0.0210. The molecule has 0 radical (unpaired) electrons. The van der Waals surface area contributed by atoms with Gasteiger partial charge >= 0.3 is 0 Å². The van der Waals surface area contributed by atoms with Crippen LogP contribution in [-0.4, -0.2) is 37.7 Å². The van der Waals surface area contributed by atoms with Gasteiger partial charge in [0.25, 0.3) is 0 Å². The molecule has 0 aromatic heterocycles. The van der Waals surface area contributed by atoms with E-state index in [1.807, 2.05) is 6.07 Å². The maximum absolute atomic E-state index is 6.08. The normalized spacial score (nSPS) is 29.9. The van der Waals surface area contributed by atoms with Gasteiger partial charge in [0.2, 0.25) is 0 Å². The number of rotatable bonds is 3. The van der Waals surface area contributed by atoms with E-state index in [4.69, 9.17) is 5.73 Å².